The number of nitrogens with one attached hydrogen (secondary N) is 2. The molecule has 1 heterocycles. The van der Waals surface area contributed by atoms with E-state index in [1.165, 1.54) is 18.2 Å². The van der Waals surface area contributed by atoms with E-state index in [0.717, 1.165) is 38.1 Å². The van der Waals surface area contributed by atoms with Crippen molar-refractivity contribution in [3.63, 3.8) is 0 Å². The smallest absolute Gasteiger partial charge is 0.416 e. The summed E-state index contributed by atoms with van der Waals surface area (Å²) in [5.74, 6) is 0.157. The van der Waals surface area contributed by atoms with Gasteiger partial charge in [-0.25, -0.2) is 0 Å². The van der Waals surface area contributed by atoms with Crippen molar-refractivity contribution in [1.82, 2.24) is 10.6 Å². The second-order valence-corrected chi connectivity index (χ2v) is 6.15. The zero-order chi connectivity index (χ0) is 18.6. The van der Waals surface area contributed by atoms with Crippen molar-refractivity contribution in [3.8, 4) is 11.5 Å². The molecule has 1 fully saturated rings. The highest BCUT2D eigenvalue weighted by molar-refractivity contribution is 5.94. The Balaban J connectivity index is 0.00000261. The molecule has 4 nitrogen and oxygen atoms in total. The van der Waals surface area contributed by atoms with Gasteiger partial charge < -0.3 is 15.4 Å². The maximum absolute atomic E-state index is 12.8. The Labute approximate surface area is 161 Å². The minimum atomic E-state index is -4.43. The van der Waals surface area contributed by atoms with Gasteiger partial charge in [-0.15, -0.1) is 12.4 Å². The van der Waals surface area contributed by atoms with E-state index in [4.69, 9.17) is 4.74 Å². The second kappa shape index (κ2) is 9.10. The molecule has 0 radical (unpaired) electrons. The topological polar surface area (TPSA) is 50.4 Å². The zero-order valence-corrected chi connectivity index (χ0v) is 15.2. The number of alkyl halides is 3. The van der Waals surface area contributed by atoms with Crippen LogP contribution in [0.15, 0.2) is 48.5 Å². The van der Waals surface area contributed by atoms with Gasteiger partial charge in [-0.2, -0.15) is 13.2 Å². The third-order valence-electron chi connectivity index (χ3n) is 4.17. The van der Waals surface area contributed by atoms with Crippen LogP contribution in [0, 0.1) is 0 Å². The van der Waals surface area contributed by atoms with E-state index in [-0.39, 0.29) is 30.1 Å². The molecule has 1 aliphatic heterocycles. The van der Waals surface area contributed by atoms with Crippen LogP contribution in [-0.4, -0.2) is 25.0 Å². The first-order chi connectivity index (χ1) is 12.4. The minimum absolute atomic E-state index is 0. The number of hydrogen-bond donors (Lipinski definition) is 2. The quantitative estimate of drug-likeness (QED) is 0.799. The largest absolute Gasteiger partial charge is 0.457 e. The third-order valence-corrected chi connectivity index (χ3v) is 4.17. The summed E-state index contributed by atoms with van der Waals surface area (Å²) in [6.45, 7) is 1.73. The molecule has 0 bridgehead atoms. The Morgan fingerprint density at radius 3 is 2.33 bits per heavy atom. The molecule has 27 heavy (non-hydrogen) atoms. The molecule has 3 rings (SSSR count). The summed E-state index contributed by atoms with van der Waals surface area (Å²) in [5, 5.41) is 6.20. The normalized spacial score (nSPS) is 14.9. The molecular weight excluding hydrogens is 381 g/mol. The Kier molecular flexibility index (Phi) is 7.10. The predicted molar refractivity (Wildman–Crippen MR) is 98.6 cm³/mol. The van der Waals surface area contributed by atoms with Crippen molar-refractivity contribution in [3.05, 3.63) is 59.7 Å². The molecule has 0 unspecified atom stereocenters. The summed E-state index contributed by atoms with van der Waals surface area (Å²) >= 11 is 0. The van der Waals surface area contributed by atoms with Gasteiger partial charge in [0.15, 0.2) is 0 Å². The molecule has 1 aliphatic rings. The van der Waals surface area contributed by atoms with E-state index in [9.17, 15) is 18.0 Å². The summed E-state index contributed by atoms with van der Waals surface area (Å²) in [5.41, 5.74) is -0.372. The molecule has 0 atom stereocenters. The molecule has 2 aromatic carbocycles. The highest BCUT2D eigenvalue weighted by Crippen LogP contribution is 2.32. The molecular formula is C19H20ClF3N2O2. The van der Waals surface area contributed by atoms with Crippen LogP contribution in [-0.2, 0) is 6.18 Å². The van der Waals surface area contributed by atoms with Crippen LogP contribution >= 0.6 is 12.4 Å². The maximum atomic E-state index is 12.8. The highest BCUT2D eigenvalue weighted by atomic mass is 35.5. The van der Waals surface area contributed by atoms with E-state index in [1.807, 2.05) is 0 Å². The van der Waals surface area contributed by atoms with Crippen LogP contribution in [0.2, 0.25) is 0 Å². The lowest BCUT2D eigenvalue weighted by atomic mass is 10.1. The maximum Gasteiger partial charge on any atom is 0.416 e. The lowest BCUT2D eigenvalue weighted by Gasteiger charge is -2.23. The van der Waals surface area contributed by atoms with E-state index in [2.05, 4.69) is 10.6 Å². The molecule has 0 aliphatic carbocycles. The number of carbonyl (C=O) groups is 1. The van der Waals surface area contributed by atoms with Gasteiger partial charge in [-0.1, -0.05) is 12.1 Å². The van der Waals surface area contributed by atoms with Crippen molar-refractivity contribution < 1.29 is 22.7 Å². The molecule has 1 amide bonds. The van der Waals surface area contributed by atoms with Crippen molar-refractivity contribution >= 4 is 18.3 Å². The van der Waals surface area contributed by atoms with Crippen molar-refractivity contribution in [1.29, 1.82) is 0 Å². The summed E-state index contributed by atoms with van der Waals surface area (Å²) in [6.07, 6.45) is -2.70. The van der Waals surface area contributed by atoms with Gasteiger partial charge in [-0.3, -0.25) is 4.79 Å². The van der Waals surface area contributed by atoms with Gasteiger partial charge in [0.2, 0.25) is 0 Å². The molecule has 2 aromatic rings. The molecule has 0 aromatic heterocycles. The Hall–Kier alpha value is -2.25. The summed E-state index contributed by atoms with van der Waals surface area (Å²) in [4.78, 5) is 12.4. The summed E-state index contributed by atoms with van der Waals surface area (Å²) < 4.78 is 43.9. The van der Waals surface area contributed by atoms with Crippen molar-refractivity contribution in [2.45, 2.75) is 25.1 Å². The van der Waals surface area contributed by atoms with Gasteiger partial charge in [-0.05, 0) is 62.3 Å². The minimum Gasteiger partial charge on any atom is -0.457 e. The zero-order valence-electron chi connectivity index (χ0n) is 14.4. The lowest BCUT2D eigenvalue weighted by molar-refractivity contribution is -0.137. The Morgan fingerprint density at radius 1 is 1.04 bits per heavy atom. The first-order valence-electron chi connectivity index (χ1n) is 8.38. The van der Waals surface area contributed by atoms with Crippen molar-refractivity contribution in [2.24, 2.45) is 0 Å². The standard InChI is InChI=1S/C19H19F3N2O2.ClH/c20-19(21,22)14-4-2-6-17(12-14)26-16-5-1-3-13(11-16)18(25)24-15-7-9-23-10-8-15;/h1-6,11-12,15,23H,7-10H2,(H,24,25);1H. The number of amides is 1. The lowest BCUT2D eigenvalue weighted by Crippen LogP contribution is -2.42. The van der Waals surface area contributed by atoms with Crippen LogP contribution in [0.1, 0.15) is 28.8 Å². The fourth-order valence-corrected chi connectivity index (χ4v) is 2.81. The fraction of sp³-hybridized carbons (Fsp3) is 0.316. The molecule has 8 heteroatoms. The average Bonchev–Trinajstić information content (AvgIpc) is 2.62. The van der Waals surface area contributed by atoms with E-state index >= 15 is 0 Å². The summed E-state index contributed by atoms with van der Waals surface area (Å²) in [7, 11) is 0. The molecule has 2 N–H and O–H groups in total. The van der Waals surface area contributed by atoms with E-state index < -0.39 is 11.7 Å². The predicted octanol–water partition coefficient (Wildman–Crippen LogP) is 4.40. The first-order valence-corrected chi connectivity index (χ1v) is 8.38. The first kappa shape index (κ1) is 21.1. The van der Waals surface area contributed by atoms with Gasteiger partial charge in [0.05, 0.1) is 5.56 Å². The monoisotopic (exact) mass is 400 g/mol. The number of halogens is 4. The third kappa shape index (κ3) is 5.87. The van der Waals surface area contributed by atoms with Crippen LogP contribution in [0.3, 0.4) is 0 Å². The molecule has 1 saturated heterocycles. The van der Waals surface area contributed by atoms with Crippen LogP contribution in [0.4, 0.5) is 13.2 Å². The Morgan fingerprint density at radius 2 is 1.67 bits per heavy atom. The van der Waals surface area contributed by atoms with E-state index in [1.54, 1.807) is 18.2 Å². The fourth-order valence-electron chi connectivity index (χ4n) is 2.81. The van der Waals surface area contributed by atoms with Gasteiger partial charge in [0.25, 0.3) is 5.91 Å². The summed E-state index contributed by atoms with van der Waals surface area (Å²) in [6, 6.07) is 11.2. The number of carbonyl (C=O) groups excluding carboxylic acids is 1. The van der Waals surface area contributed by atoms with Crippen LogP contribution in [0.5, 0.6) is 11.5 Å². The molecule has 0 spiro atoms. The van der Waals surface area contributed by atoms with Crippen LogP contribution < -0.4 is 15.4 Å². The number of benzene rings is 2. The van der Waals surface area contributed by atoms with Gasteiger partial charge >= 0.3 is 6.18 Å². The Bertz CT molecular complexity index is 778. The van der Waals surface area contributed by atoms with Crippen LogP contribution in [0.25, 0.3) is 0 Å². The highest BCUT2D eigenvalue weighted by Gasteiger charge is 2.30. The average molecular weight is 401 g/mol. The van der Waals surface area contributed by atoms with Gasteiger partial charge in [0, 0.05) is 11.6 Å². The molecule has 146 valence electrons. The van der Waals surface area contributed by atoms with Gasteiger partial charge in [0.1, 0.15) is 11.5 Å². The van der Waals surface area contributed by atoms with Crippen molar-refractivity contribution in [2.75, 3.05) is 13.1 Å². The molecule has 0 saturated carbocycles. The number of piperidine rings is 1. The second-order valence-electron chi connectivity index (χ2n) is 6.15. The van der Waals surface area contributed by atoms with E-state index in [0.29, 0.717) is 11.3 Å². The SMILES string of the molecule is Cl.O=C(NC1CCNCC1)c1cccc(Oc2cccc(C(F)(F)F)c2)c1. The number of hydrogen-bond acceptors (Lipinski definition) is 3. The number of rotatable bonds is 4. The number of ether oxygens (including phenoxy) is 1.